The number of ether oxygens (including phenoxy) is 1. The van der Waals surface area contributed by atoms with E-state index in [2.05, 4.69) is 10.3 Å². The van der Waals surface area contributed by atoms with Crippen molar-refractivity contribution >= 4 is 17.5 Å². The van der Waals surface area contributed by atoms with Crippen LogP contribution >= 0.6 is 0 Å². The molecule has 0 fully saturated rings. The van der Waals surface area contributed by atoms with Crippen molar-refractivity contribution in [2.45, 2.75) is 6.04 Å². The first-order valence-corrected chi connectivity index (χ1v) is 6.11. The molecular formula is C14H13N3O4. The van der Waals surface area contributed by atoms with Crippen LogP contribution in [0.2, 0.25) is 0 Å². The van der Waals surface area contributed by atoms with E-state index < -0.39 is 16.9 Å². The minimum atomic E-state index is -0.731. The van der Waals surface area contributed by atoms with E-state index in [9.17, 15) is 14.9 Å². The van der Waals surface area contributed by atoms with Crippen LogP contribution < -0.4 is 5.32 Å². The molecule has 0 saturated carbocycles. The third-order valence-electron chi connectivity index (χ3n) is 2.82. The van der Waals surface area contributed by atoms with Gasteiger partial charge in [-0.25, -0.2) is 9.78 Å². The van der Waals surface area contributed by atoms with Crippen molar-refractivity contribution in [2.75, 3.05) is 12.4 Å². The molecule has 0 bridgehead atoms. The monoisotopic (exact) mass is 287 g/mol. The van der Waals surface area contributed by atoms with E-state index in [0.717, 1.165) is 6.20 Å². The highest BCUT2D eigenvalue weighted by Crippen LogP contribution is 2.20. The average Bonchev–Trinajstić information content (AvgIpc) is 2.53. The van der Waals surface area contributed by atoms with Gasteiger partial charge in [0.05, 0.1) is 12.0 Å². The lowest BCUT2D eigenvalue weighted by Gasteiger charge is -2.17. The molecule has 0 aliphatic heterocycles. The van der Waals surface area contributed by atoms with E-state index >= 15 is 0 Å². The van der Waals surface area contributed by atoms with Gasteiger partial charge in [0.2, 0.25) is 0 Å². The Kier molecular flexibility index (Phi) is 4.45. The van der Waals surface area contributed by atoms with Crippen LogP contribution in [0.4, 0.5) is 11.5 Å². The number of pyridine rings is 1. The highest BCUT2D eigenvalue weighted by molar-refractivity contribution is 5.80. The maximum absolute atomic E-state index is 11.9. The van der Waals surface area contributed by atoms with Crippen LogP contribution in [-0.4, -0.2) is 23.0 Å². The molecule has 108 valence electrons. The van der Waals surface area contributed by atoms with Crippen LogP contribution in [0, 0.1) is 10.1 Å². The minimum absolute atomic E-state index is 0.116. The fourth-order valence-corrected chi connectivity index (χ4v) is 1.77. The van der Waals surface area contributed by atoms with Crippen LogP contribution in [0.3, 0.4) is 0 Å². The van der Waals surface area contributed by atoms with Gasteiger partial charge < -0.3 is 10.1 Å². The molecule has 0 amide bonds. The standard InChI is InChI=1S/C14H13N3O4/c1-21-14(18)13(10-5-3-2-4-6-10)16-12-8-7-11(9-15-12)17(19)20/h2-9,13H,1H3,(H,15,16). The molecule has 1 atom stereocenters. The number of carbonyl (C=O) groups excluding carboxylic acids is 1. The first-order chi connectivity index (χ1) is 10.1. The summed E-state index contributed by atoms with van der Waals surface area (Å²) in [6, 6.07) is 11.0. The SMILES string of the molecule is COC(=O)C(Nc1ccc([N+](=O)[O-])cn1)c1ccccc1. The van der Waals surface area contributed by atoms with E-state index in [1.54, 1.807) is 24.3 Å². The molecule has 7 heteroatoms. The number of hydrogen-bond donors (Lipinski definition) is 1. The number of aromatic nitrogens is 1. The number of benzene rings is 1. The van der Waals surface area contributed by atoms with Crippen molar-refractivity contribution in [1.82, 2.24) is 4.98 Å². The predicted molar refractivity (Wildman–Crippen MR) is 75.7 cm³/mol. The quantitative estimate of drug-likeness (QED) is 0.515. The topological polar surface area (TPSA) is 94.4 Å². The highest BCUT2D eigenvalue weighted by Gasteiger charge is 2.21. The van der Waals surface area contributed by atoms with E-state index in [4.69, 9.17) is 4.74 Å². The maximum atomic E-state index is 11.9. The molecular weight excluding hydrogens is 274 g/mol. The first kappa shape index (κ1) is 14.4. The Morgan fingerprint density at radius 3 is 2.52 bits per heavy atom. The zero-order chi connectivity index (χ0) is 15.2. The van der Waals surface area contributed by atoms with Crippen LogP contribution in [0.25, 0.3) is 0 Å². The summed E-state index contributed by atoms with van der Waals surface area (Å²) in [5, 5.41) is 13.5. The second-order valence-corrected chi connectivity index (χ2v) is 4.17. The van der Waals surface area contributed by atoms with Gasteiger partial charge >= 0.3 is 5.97 Å². The molecule has 0 aliphatic rings. The third kappa shape index (κ3) is 3.53. The Bertz CT molecular complexity index is 628. The lowest BCUT2D eigenvalue weighted by molar-refractivity contribution is -0.385. The molecule has 1 unspecified atom stereocenters. The number of nitrogens with zero attached hydrogens (tertiary/aromatic N) is 2. The fourth-order valence-electron chi connectivity index (χ4n) is 1.77. The average molecular weight is 287 g/mol. The number of nitro groups is 1. The van der Waals surface area contributed by atoms with Crippen LogP contribution in [0.15, 0.2) is 48.7 Å². The minimum Gasteiger partial charge on any atom is -0.467 e. The van der Waals surface area contributed by atoms with Gasteiger partial charge in [0.25, 0.3) is 5.69 Å². The van der Waals surface area contributed by atoms with Crippen molar-refractivity contribution in [1.29, 1.82) is 0 Å². The number of nitrogens with one attached hydrogen (secondary N) is 1. The van der Waals surface area contributed by atoms with Crippen molar-refractivity contribution in [2.24, 2.45) is 0 Å². The van der Waals surface area contributed by atoms with Crippen molar-refractivity contribution < 1.29 is 14.5 Å². The van der Waals surface area contributed by atoms with E-state index in [0.29, 0.717) is 11.4 Å². The number of anilines is 1. The van der Waals surface area contributed by atoms with E-state index in [1.807, 2.05) is 6.07 Å². The number of carbonyl (C=O) groups is 1. The first-order valence-electron chi connectivity index (χ1n) is 6.11. The van der Waals surface area contributed by atoms with Gasteiger partial charge in [0.15, 0.2) is 6.04 Å². The maximum Gasteiger partial charge on any atom is 0.333 e. The second kappa shape index (κ2) is 6.47. The lowest BCUT2D eigenvalue weighted by Crippen LogP contribution is -2.22. The second-order valence-electron chi connectivity index (χ2n) is 4.17. The summed E-state index contributed by atoms with van der Waals surface area (Å²) in [6.45, 7) is 0. The molecule has 21 heavy (non-hydrogen) atoms. The Labute approximate surface area is 120 Å². The van der Waals surface area contributed by atoms with E-state index in [1.165, 1.54) is 19.2 Å². The van der Waals surface area contributed by atoms with Crippen LogP contribution in [-0.2, 0) is 9.53 Å². The Morgan fingerprint density at radius 1 is 1.29 bits per heavy atom. The molecule has 7 nitrogen and oxygen atoms in total. The van der Waals surface area contributed by atoms with Crippen LogP contribution in [0.1, 0.15) is 11.6 Å². The van der Waals surface area contributed by atoms with Gasteiger partial charge in [-0.2, -0.15) is 0 Å². The Balaban J connectivity index is 2.23. The van der Waals surface area contributed by atoms with Gasteiger partial charge in [-0.1, -0.05) is 30.3 Å². The molecule has 1 heterocycles. The summed E-state index contributed by atoms with van der Waals surface area (Å²) >= 11 is 0. The van der Waals surface area contributed by atoms with Gasteiger partial charge in [-0.05, 0) is 11.6 Å². The molecule has 2 aromatic rings. The summed E-state index contributed by atoms with van der Waals surface area (Å²) < 4.78 is 4.76. The third-order valence-corrected chi connectivity index (χ3v) is 2.82. The van der Waals surface area contributed by atoms with Gasteiger partial charge in [-0.3, -0.25) is 10.1 Å². The zero-order valence-electron chi connectivity index (χ0n) is 11.2. The van der Waals surface area contributed by atoms with Crippen molar-refractivity contribution in [3.63, 3.8) is 0 Å². The molecule has 0 spiro atoms. The number of methoxy groups -OCH3 is 1. The highest BCUT2D eigenvalue weighted by atomic mass is 16.6. The lowest BCUT2D eigenvalue weighted by atomic mass is 10.1. The largest absolute Gasteiger partial charge is 0.467 e. The number of esters is 1. The predicted octanol–water partition coefficient (Wildman–Crippen LogP) is 2.32. The summed E-state index contributed by atoms with van der Waals surface area (Å²) in [5.41, 5.74) is 0.597. The van der Waals surface area contributed by atoms with Gasteiger partial charge in [0.1, 0.15) is 12.0 Å². The van der Waals surface area contributed by atoms with E-state index in [-0.39, 0.29) is 5.69 Å². The molecule has 1 aromatic carbocycles. The number of rotatable bonds is 5. The molecule has 1 N–H and O–H groups in total. The van der Waals surface area contributed by atoms with Gasteiger partial charge in [0, 0.05) is 6.07 Å². The fraction of sp³-hybridized carbons (Fsp3) is 0.143. The summed E-state index contributed by atoms with van der Waals surface area (Å²) in [4.78, 5) is 25.8. The Morgan fingerprint density at radius 2 is 2.00 bits per heavy atom. The molecule has 0 radical (unpaired) electrons. The Hall–Kier alpha value is -2.96. The molecule has 2 rings (SSSR count). The van der Waals surface area contributed by atoms with Crippen molar-refractivity contribution in [3.05, 3.63) is 64.3 Å². The normalized spacial score (nSPS) is 11.5. The van der Waals surface area contributed by atoms with Crippen LogP contribution in [0.5, 0.6) is 0 Å². The number of hydrogen-bond acceptors (Lipinski definition) is 6. The summed E-state index contributed by atoms with van der Waals surface area (Å²) in [5.74, 6) is -0.124. The molecule has 1 aromatic heterocycles. The van der Waals surface area contributed by atoms with Crippen molar-refractivity contribution in [3.8, 4) is 0 Å². The molecule has 0 saturated heterocycles. The smallest absolute Gasteiger partial charge is 0.333 e. The summed E-state index contributed by atoms with van der Waals surface area (Å²) in [7, 11) is 1.29. The summed E-state index contributed by atoms with van der Waals surface area (Å²) in [6.07, 6.45) is 1.13. The molecule has 0 aliphatic carbocycles. The zero-order valence-corrected chi connectivity index (χ0v) is 11.2. The van der Waals surface area contributed by atoms with Gasteiger partial charge in [-0.15, -0.1) is 0 Å².